The molecular formula is C24H31Cl2N3O4S. The summed E-state index contributed by atoms with van der Waals surface area (Å²) >= 11 is 12.4. The zero-order valence-corrected chi connectivity index (χ0v) is 22.4. The summed E-state index contributed by atoms with van der Waals surface area (Å²) in [5.74, 6) is -0.837. The van der Waals surface area contributed by atoms with Gasteiger partial charge in [-0.2, -0.15) is 0 Å². The van der Waals surface area contributed by atoms with Crippen LogP contribution in [0.5, 0.6) is 0 Å². The fraction of sp³-hybridized carbons (Fsp3) is 0.417. The van der Waals surface area contributed by atoms with E-state index in [9.17, 15) is 18.0 Å². The number of likely N-dealkylation sites (N-methyl/N-ethyl adjacent to an activating group) is 1. The lowest BCUT2D eigenvalue weighted by Gasteiger charge is -2.33. The smallest absolute Gasteiger partial charge is 0.244 e. The van der Waals surface area contributed by atoms with Crippen LogP contribution in [0.1, 0.15) is 37.0 Å². The number of carbonyl (C=O) groups excluding carboxylic acids is 2. The SMILES string of the molecule is CCNC(=O)C(CC)N(Cc1ccc(Cl)cc1Cl)C(=O)CN(c1cc(C)ccc1C)S(C)(=O)=O. The van der Waals surface area contributed by atoms with E-state index in [1.807, 2.05) is 19.1 Å². The first-order chi connectivity index (χ1) is 15.9. The summed E-state index contributed by atoms with van der Waals surface area (Å²) in [5, 5.41) is 3.55. The first-order valence-corrected chi connectivity index (χ1v) is 13.6. The average molecular weight is 529 g/mol. The number of nitrogens with zero attached hydrogens (tertiary/aromatic N) is 2. The van der Waals surface area contributed by atoms with Gasteiger partial charge in [0.2, 0.25) is 21.8 Å². The molecule has 0 saturated heterocycles. The maximum atomic E-state index is 13.6. The first kappa shape index (κ1) is 28.0. The van der Waals surface area contributed by atoms with Crippen molar-refractivity contribution in [1.82, 2.24) is 10.2 Å². The molecule has 0 aromatic heterocycles. The molecule has 0 heterocycles. The number of hydrogen-bond donors (Lipinski definition) is 1. The highest BCUT2D eigenvalue weighted by Gasteiger charge is 2.32. The number of benzene rings is 2. The van der Waals surface area contributed by atoms with Crippen LogP contribution < -0.4 is 9.62 Å². The Morgan fingerprint density at radius 3 is 2.29 bits per heavy atom. The normalized spacial score (nSPS) is 12.2. The van der Waals surface area contributed by atoms with E-state index in [4.69, 9.17) is 23.2 Å². The standard InChI is InChI=1S/C24H31Cl2N3O4S/c1-6-21(24(31)27-7-2)28(14-18-10-11-19(25)13-20(18)26)23(30)15-29(34(5,32)33)22-12-16(3)8-9-17(22)4/h8-13,21H,6-7,14-15H2,1-5H3,(H,27,31). The van der Waals surface area contributed by atoms with Crippen LogP contribution in [0.25, 0.3) is 0 Å². The van der Waals surface area contributed by atoms with Gasteiger partial charge in [0.05, 0.1) is 11.9 Å². The van der Waals surface area contributed by atoms with Gasteiger partial charge in [0.25, 0.3) is 0 Å². The van der Waals surface area contributed by atoms with Crippen molar-refractivity contribution in [3.63, 3.8) is 0 Å². The van der Waals surface area contributed by atoms with Gasteiger partial charge in [0.1, 0.15) is 12.6 Å². The highest BCUT2D eigenvalue weighted by Crippen LogP contribution is 2.26. The van der Waals surface area contributed by atoms with Crippen molar-refractivity contribution in [1.29, 1.82) is 0 Å². The molecule has 2 amide bonds. The Balaban J connectivity index is 2.51. The third-order valence-electron chi connectivity index (χ3n) is 5.41. The number of halogens is 2. The molecular weight excluding hydrogens is 497 g/mol. The number of aryl methyl sites for hydroxylation is 2. The Kier molecular flexibility index (Phi) is 9.79. The quantitative estimate of drug-likeness (QED) is 0.498. The minimum atomic E-state index is -3.79. The maximum Gasteiger partial charge on any atom is 0.244 e. The second kappa shape index (κ2) is 11.9. The first-order valence-electron chi connectivity index (χ1n) is 10.9. The Morgan fingerprint density at radius 1 is 1.06 bits per heavy atom. The van der Waals surface area contributed by atoms with Crippen molar-refractivity contribution < 1.29 is 18.0 Å². The van der Waals surface area contributed by atoms with Crippen LogP contribution >= 0.6 is 23.2 Å². The van der Waals surface area contributed by atoms with Gasteiger partial charge in [-0.05, 0) is 62.1 Å². The van der Waals surface area contributed by atoms with Crippen molar-refractivity contribution in [2.75, 3.05) is 23.7 Å². The topological polar surface area (TPSA) is 86.8 Å². The van der Waals surface area contributed by atoms with Gasteiger partial charge in [-0.3, -0.25) is 13.9 Å². The monoisotopic (exact) mass is 527 g/mol. The van der Waals surface area contributed by atoms with Crippen LogP contribution in [0, 0.1) is 13.8 Å². The summed E-state index contributed by atoms with van der Waals surface area (Å²) < 4.78 is 26.5. The van der Waals surface area contributed by atoms with Gasteiger partial charge < -0.3 is 10.2 Å². The lowest BCUT2D eigenvalue weighted by atomic mass is 10.1. The van der Waals surface area contributed by atoms with E-state index in [1.165, 1.54) is 4.90 Å². The van der Waals surface area contributed by atoms with E-state index >= 15 is 0 Å². The van der Waals surface area contributed by atoms with Gasteiger partial charge in [0.15, 0.2) is 0 Å². The minimum Gasteiger partial charge on any atom is -0.355 e. The van der Waals surface area contributed by atoms with Crippen LogP contribution in [-0.2, 0) is 26.2 Å². The molecule has 0 aliphatic heterocycles. The third-order valence-corrected chi connectivity index (χ3v) is 7.12. The van der Waals surface area contributed by atoms with Gasteiger partial charge in [-0.1, -0.05) is 48.3 Å². The van der Waals surface area contributed by atoms with Crippen LogP contribution in [0.2, 0.25) is 10.0 Å². The number of sulfonamides is 1. The summed E-state index contributed by atoms with van der Waals surface area (Å²) in [6.07, 6.45) is 1.40. The number of rotatable bonds is 10. The average Bonchev–Trinajstić information content (AvgIpc) is 2.74. The Hall–Kier alpha value is -2.29. The predicted octanol–water partition coefficient (Wildman–Crippen LogP) is 4.32. The number of nitrogens with one attached hydrogen (secondary N) is 1. The molecule has 10 heteroatoms. The molecule has 1 atom stereocenters. The van der Waals surface area contributed by atoms with Crippen LogP contribution in [-0.4, -0.2) is 50.5 Å². The Labute approximate surface area is 212 Å². The third kappa shape index (κ3) is 7.10. The molecule has 0 bridgehead atoms. The fourth-order valence-corrected chi connectivity index (χ4v) is 5.00. The summed E-state index contributed by atoms with van der Waals surface area (Å²) in [5.41, 5.74) is 2.60. The van der Waals surface area contributed by atoms with E-state index in [0.717, 1.165) is 16.1 Å². The van der Waals surface area contributed by atoms with Gasteiger partial charge in [-0.15, -0.1) is 0 Å². The lowest BCUT2D eigenvalue weighted by molar-refractivity contribution is -0.140. The zero-order valence-electron chi connectivity index (χ0n) is 20.1. The highest BCUT2D eigenvalue weighted by atomic mass is 35.5. The highest BCUT2D eigenvalue weighted by molar-refractivity contribution is 7.92. The molecule has 0 fully saturated rings. The zero-order chi connectivity index (χ0) is 25.6. The van der Waals surface area contributed by atoms with Crippen LogP contribution in [0.15, 0.2) is 36.4 Å². The van der Waals surface area contributed by atoms with Crippen molar-refractivity contribution >= 4 is 50.7 Å². The van der Waals surface area contributed by atoms with Crippen LogP contribution in [0.4, 0.5) is 5.69 Å². The lowest BCUT2D eigenvalue weighted by Crippen LogP contribution is -2.52. The second-order valence-electron chi connectivity index (χ2n) is 8.14. The minimum absolute atomic E-state index is 0.0227. The molecule has 0 aliphatic carbocycles. The molecule has 0 aliphatic rings. The van der Waals surface area contributed by atoms with E-state index < -0.39 is 28.5 Å². The van der Waals surface area contributed by atoms with Crippen molar-refractivity contribution in [2.24, 2.45) is 0 Å². The molecule has 2 aromatic carbocycles. The van der Waals surface area contributed by atoms with Gasteiger partial charge >= 0.3 is 0 Å². The molecule has 186 valence electrons. The maximum absolute atomic E-state index is 13.6. The predicted molar refractivity (Wildman–Crippen MR) is 138 cm³/mol. The fourth-order valence-electron chi connectivity index (χ4n) is 3.63. The van der Waals surface area contributed by atoms with Gasteiger partial charge in [0, 0.05) is 23.1 Å². The van der Waals surface area contributed by atoms with E-state index in [0.29, 0.717) is 39.8 Å². The molecule has 0 spiro atoms. The van der Waals surface area contributed by atoms with Crippen LogP contribution in [0.3, 0.4) is 0 Å². The number of amides is 2. The largest absolute Gasteiger partial charge is 0.355 e. The van der Waals surface area contributed by atoms with E-state index in [-0.39, 0.29) is 12.5 Å². The van der Waals surface area contributed by atoms with E-state index in [2.05, 4.69) is 5.32 Å². The van der Waals surface area contributed by atoms with E-state index in [1.54, 1.807) is 45.0 Å². The van der Waals surface area contributed by atoms with Crippen molar-refractivity contribution in [3.8, 4) is 0 Å². The molecule has 0 radical (unpaired) electrons. The second-order valence-corrected chi connectivity index (χ2v) is 10.9. The summed E-state index contributed by atoms with van der Waals surface area (Å²) in [6, 6.07) is 9.50. The molecule has 1 unspecified atom stereocenters. The Morgan fingerprint density at radius 2 is 1.74 bits per heavy atom. The summed E-state index contributed by atoms with van der Waals surface area (Å²) in [4.78, 5) is 27.8. The molecule has 34 heavy (non-hydrogen) atoms. The number of anilines is 1. The molecule has 2 rings (SSSR count). The number of hydrogen-bond acceptors (Lipinski definition) is 4. The van der Waals surface area contributed by atoms with Crippen molar-refractivity contribution in [3.05, 3.63) is 63.1 Å². The molecule has 7 nitrogen and oxygen atoms in total. The van der Waals surface area contributed by atoms with Crippen molar-refractivity contribution in [2.45, 2.75) is 46.7 Å². The number of carbonyl (C=O) groups is 2. The summed E-state index contributed by atoms with van der Waals surface area (Å²) in [7, 11) is -3.79. The molecule has 2 aromatic rings. The summed E-state index contributed by atoms with van der Waals surface area (Å²) in [6.45, 7) is 7.19. The Bertz CT molecular complexity index is 1150. The molecule has 1 N–H and O–H groups in total. The molecule has 0 saturated carbocycles. The van der Waals surface area contributed by atoms with Gasteiger partial charge in [-0.25, -0.2) is 8.42 Å².